The Morgan fingerprint density at radius 1 is 1.10 bits per heavy atom. The van der Waals surface area contributed by atoms with Gasteiger partial charge in [0.25, 0.3) is 11.8 Å². The van der Waals surface area contributed by atoms with Crippen LogP contribution in [0, 0.1) is 17.0 Å². The third kappa shape index (κ3) is 8.47. The van der Waals surface area contributed by atoms with Gasteiger partial charge in [-0.05, 0) is 49.6 Å². The van der Waals surface area contributed by atoms with Crippen LogP contribution in [0.2, 0.25) is 5.02 Å². The zero-order valence-corrected chi connectivity index (χ0v) is 30.5. The van der Waals surface area contributed by atoms with Crippen molar-refractivity contribution in [2.45, 2.75) is 65.0 Å². The van der Waals surface area contributed by atoms with Crippen molar-refractivity contribution in [3.05, 3.63) is 83.1 Å². The van der Waals surface area contributed by atoms with Gasteiger partial charge in [-0.3, -0.25) is 14.4 Å². The maximum Gasteiger partial charge on any atom is 0.257 e. The van der Waals surface area contributed by atoms with E-state index >= 15 is 0 Å². The van der Waals surface area contributed by atoms with Crippen LogP contribution in [0.25, 0.3) is 10.9 Å². The smallest absolute Gasteiger partial charge is 0.257 e. The molecule has 3 amide bonds. The van der Waals surface area contributed by atoms with Crippen molar-refractivity contribution in [3.8, 4) is 5.75 Å². The number of fused-ring (bicyclic) bond motifs is 1. The third-order valence-electron chi connectivity index (χ3n) is 8.85. The van der Waals surface area contributed by atoms with E-state index in [4.69, 9.17) is 21.1 Å². The van der Waals surface area contributed by atoms with Crippen LogP contribution < -0.4 is 30.9 Å². The highest BCUT2D eigenvalue weighted by Crippen LogP contribution is 2.38. The Kier molecular flexibility index (Phi) is 12.0. The number of halogens is 3. The Labute approximate surface area is 305 Å². The molecule has 1 aliphatic heterocycles. The molecule has 52 heavy (non-hydrogen) atoms. The molecule has 1 saturated heterocycles. The summed E-state index contributed by atoms with van der Waals surface area (Å²) in [6, 6.07) is 12.1. The lowest BCUT2D eigenvalue weighted by Gasteiger charge is -2.36. The summed E-state index contributed by atoms with van der Waals surface area (Å²) >= 11 is 5.83. The van der Waals surface area contributed by atoms with Gasteiger partial charge >= 0.3 is 0 Å². The molecule has 0 spiro atoms. The second-order valence-electron chi connectivity index (χ2n) is 13.6. The Hall–Kier alpha value is -4.76. The van der Waals surface area contributed by atoms with Crippen molar-refractivity contribution in [2.75, 3.05) is 30.9 Å². The molecule has 4 N–H and O–H groups in total. The van der Waals surface area contributed by atoms with Crippen molar-refractivity contribution in [1.82, 2.24) is 25.9 Å². The maximum absolute atomic E-state index is 15.0. The van der Waals surface area contributed by atoms with Crippen LogP contribution in [0.1, 0.15) is 39.7 Å². The third-order valence-corrected chi connectivity index (χ3v) is 9.20. The van der Waals surface area contributed by atoms with Gasteiger partial charge in [0.15, 0.2) is 5.82 Å². The summed E-state index contributed by atoms with van der Waals surface area (Å²) < 4.78 is 40.8. The molecule has 12 nitrogen and oxygen atoms in total. The molecule has 0 radical (unpaired) electrons. The number of hydrogen-bond donors (Lipinski definition) is 4. The van der Waals surface area contributed by atoms with Gasteiger partial charge in [0.2, 0.25) is 5.91 Å². The van der Waals surface area contributed by atoms with Gasteiger partial charge in [-0.1, -0.05) is 62.7 Å². The van der Waals surface area contributed by atoms with Crippen LogP contribution in [-0.2, 0) is 25.7 Å². The monoisotopic (exact) mass is 737 g/mol. The molecule has 0 unspecified atom stereocenters. The molecule has 0 aliphatic carbocycles. The number of nitrogens with zero attached hydrogens (tertiary/aromatic N) is 3. The SMILES string of the molecule is CN[C@@H](C)C(=O)N[C@H](C(=O)N(C(=O)[C@@H]1C[C@@H](OCc2ccccc2)CN1)c1cc2c(Nc3ccc(F)c(Cl)c3F)ncnc2cc1OC)C(C)(C)C. The normalized spacial score (nSPS) is 17.0. The Balaban J connectivity index is 1.58. The highest BCUT2D eigenvalue weighted by Gasteiger charge is 2.43. The van der Waals surface area contributed by atoms with E-state index in [1.165, 1.54) is 31.6 Å². The summed E-state index contributed by atoms with van der Waals surface area (Å²) in [6.45, 7) is 7.68. The number of benzene rings is 3. The molecule has 276 valence electrons. The molecule has 1 aliphatic rings. The molecular formula is C37H42ClF2N7O5. The Morgan fingerprint density at radius 3 is 2.50 bits per heavy atom. The van der Waals surface area contributed by atoms with Gasteiger partial charge in [0, 0.05) is 18.0 Å². The fraction of sp³-hybridized carbons (Fsp3) is 0.378. The fourth-order valence-corrected chi connectivity index (χ4v) is 5.91. The molecule has 1 aromatic heterocycles. The number of likely N-dealkylation sites (N-methyl/N-ethyl adjacent to an activating group) is 1. The van der Waals surface area contributed by atoms with E-state index in [-0.39, 0.29) is 40.9 Å². The lowest BCUT2D eigenvalue weighted by molar-refractivity contribution is -0.134. The van der Waals surface area contributed by atoms with E-state index < -0.39 is 57.9 Å². The number of carbonyl (C=O) groups excluding carboxylic acids is 3. The predicted molar refractivity (Wildman–Crippen MR) is 195 cm³/mol. The van der Waals surface area contributed by atoms with E-state index in [2.05, 4.69) is 31.2 Å². The molecule has 0 bridgehead atoms. The minimum absolute atomic E-state index is 0.0288. The Bertz CT molecular complexity index is 1950. The molecule has 1 fully saturated rings. The number of nitrogens with one attached hydrogen (secondary N) is 4. The first-order valence-electron chi connectivity index (χ1n) is 16.7. The summed E-state index contributed by atoms with van der Waals surface area (Å²) in [5, 5.41) is 11.3. The average Bonchev–Trinajstić information content (AvgIpc) is 3.61. The molecule has 4 aromatic rings. The molecule has 0 saturated carbocycles. The Morgan fingerprint density at radius 2 is 1.83 bits per heavy atom. The predicted octanol–water partition coefficient (Wildman–Crippen LogP) is 5.26. The number of rotatable bonds is 12. The zero-order valence-electron chi connectivity index (χ0n) is 29.7. The molecule has 4 atom stereocenters. The average molecular weight is 738 g/mol. The highest BCUT2D eigenvalue weighted by atomic mass is 35.5. The standard InChI is InChI=1S/C37H42ClF2N7O5/c1-20(41-5)34(48)46-32(37(2,3)4)36(50)47(35(49)27-14-22(17-42-27)52-18-21-10-8-7-9-11-21)28-15-23-26(16-29(28)51-6)43-19-44-33(23)45-25-13-12-24(39)30(38)31(25)40/h7-13,15-16,19-20,22,27,32,41-42H,14,17-18H2,1-6H3,(H,46,48)(H,43,44,45)/t20-,22+,27-,32+/m0/s1. The molecule has 2 heterocycles. The van der Waals surface area contributed by atoms with Gasteiger partial charge in [-0.2, -0.15) is 0 Å². The van der Waals surface area contributed by atoms with Crippen LogP contribution >= 0.6 is 11.6 Å². The minimum Gasteiger partial charge on any atom is -0.494 e. The van der Waals surface area contributed by atoms with Gasteiger partial charge in [0.05, 0.1) is 48.8 Å². The summed E-state index contributed by atoms with van der Waals surface area (Å²) in [5.41, 5.74) is 0.301. The van der Waals surface area contributed by atoms with Gasteiger partial charge in [-0.15, -0.1) is 0 Å². The first-order valence-corrected chi connectivity index (χ1v) is 17.1. The van der Waals surface area contributed by atoms with Crippen molar-refractivity contribution < 1.29 is 32.6 Å². The number of imide groups is 1. The number of anilines is 3. The van der Waals surface area contributed by atoms with Crippen LogP contribution in [0.5, 0.6) is 5.75 Å². The van der Waals surface area contributed by atoms with Crippen LogP contribution in [0.3, 0.4) is 0 Å². The van der Waals surface area contributed by atoms with Crippen LogP contribution in [0.4, 0.5) is 26.0 Å². The van der Waals surface area contributed by atoms with Crippen LogP contribution in [0.15, 0.2) is 60.9 Å². The maximum atomic E-state index is 15.0. The molecule has 5 rings (SSSR count). The van der Waals surface area contributed by atoms with E-state index in [1.54, 1.807) is 34.7 Å². The van der Waals surface area contributed by atoms with E-state index in [0.717, 1.165) is 16.5 Å². The van der Waals surface area contributed by atoms with Gasteiger partial charge in [-0.25, -0.2) is 23.6 Å². The number of ether oxygens (including phenoxy) is 2. The second kappa shape index (κ2) is 16.3. The minimum atomic E-state index is -1.17. The van der Waals surface area contributed by atoms with E-state index in [0.29, 0.717) is 18.7 Å². The van der Waals surface area contributed by atoms with Crippen molar-refractivity contribution in [1.29, 1.82) is 0 Å². The van der Waals surface area contributed by atoms with Crippen LogP contribution in [-0.4, -0.2) is 72.6 Å². The molecule has 3 aromatic carbocycles. The summed E-state index contributed by atoms with van der Waals surface area (Å²) in [5.74, 6) is -3.55. The summed E-state index contributed by atoms with van der Waals surface area (Å²) in [4.78, 5) is 52.3. The largest absolute Gasteiger partial charge is 0.494 e. The lowest BCUT2D eigenvalue weighted by atomic mass is 9.85. The van der Waals surface area contributed by atoms with Crippen molar-refractivity contribution >= 4 is 57.4 Å². The number of amides is 3. The highest BCUT2D eigenvalue weighted by molar-refractivity contribution is 6.31. The number of aromatic nitrogens is 2. The summed E-state index contributed by atoms with van der Waals surface area (Å²) in [6.07, 6.45) is 1.16. The van der Waals surface area contributed by atoms with Gasteiger partial charge in [0.1, 0.15) is 34.8 Å². The first kappa shape index (κ1) is 38.5. The molecular weight excluding hydrogens is 696 g/mol. The fourth-order valence-electron chi connectivity index (χ4n) is 5.74. The summed E-state index contributed by atoms with van der Waals surface area (Å²) in [7, 11) is 3.00. The zero-order chi connectivity index (χ0) is 37.7. The lowest BCUT2D eigenvalue weighted by Crippen LogP contribution is -2.60. The van der Waals surface area contributed by atoms with Crippen molar-refractivity contribution in [2.24, 2.45) is 5.41 Å². The topological polar surface area (TPSA) is 147 Å². The number of hydrogen-bond acceptors (Lipinski definition) is 10. The van der Waals surface area contributed by atoms with E-state index in [1.807, 2.05) is 30.3 Å². The van der Waals surface area contributed by atoms with Gasteiger partial charge < -0.3 is 30.7 Å². The van der Waals surface area contributed by atoms with Crippen molar-refractivity contribution in [3.63, 3.8) is 0 Å². The first-order chi connectivity index (χ1) is 24.7. The van der Waals surface area contributed by atoms with E-state index in [9.17, 15) is 23.2 Å². The number of carbonyl (C=O) groups is 3. The molecule has 15 heteroatoms. The number of methoxy groups -OCH3 is 1. The quantitative estimate of drug-likeness (QED) is 0.142. The second-order valence-corrected chi connectivity index (χ2v) is 13.9.